The summed E-state index contributed by atoms with van der Waals surface area (Å²) in [5.41, 5.74) is 2.19. The maximum absolute atomic E-state index is 11.9. The minimum absolute atomic E-state index is 0.0458. The lowest BCUT2D eigenvalue weighted by Gasteiger charge is -2.28. The Morgan fingerprint density at radius 1 is 1.35 bits per heavy atom. The molecular formula is C13H16N2O2. The van der Waals surface area contributed by atoms with Crippen molar-refractivity contribution < 1.29 is 9.90 Å². The Bertz CT molecular complexity index is 443. The van der Waals surface area contributed by atoms with Gasteiger partial charge in [0.1, 0.15) is 0 Å². The Morgan fingerprint density at radius 3 is 2.82 bits per heavy atom. The molecule has 0 aromatic heterocycles. The Labute approximate surface area is 100 Å². The van der Waals surface area contributed by atoms with E-state index in [0.29, 0.717) is 6.42 Å². The average Bonchev–Trinajstić information content (AvgIpc) is 2.53. The van der Waals surface area contributed by atoms with Crippen LogP contribution in [0, 0.1) is 5.92 Å². The molecule has 0 spiro atoms. The number of benzene rings is 1. The highest BCUT2D eigenvalue weighted by Gasteiger charge is 2.34. The predicted octanol–water partition coefficient (Wildman–Crippen LogP) is -0.0197. The van der Waals surface area contributed by atoms with Gasteiger partial charge in [0.25, 0.3) is 0 Å². The molecule has 0 saturated carbocycles. The molecule has 1 aliphatic heterocycles. The molecule has 4 nitrogen and oxygen atoms in total. The molecule has 1 aromatic carbocycles. The second kappa shape index (κ2) is 4.13. The van der Waals surface area contributed by atoms with Crippen molar-refractivity contribution in [2.75, 3.05) is 13.1 Å². The van der Waals surface area contributed by atoms with Crippen LogP contribution >= 0.6 is 0 Å². The smallest absolute Gasteiger partial charge is 0.226 e. The second-order valence-electron chi connectivity index (χ2n) is 4.81. The molecule has 1 fully saturated rings. The molecular weight excluding hydrogens is 216 g/mol. The maximum Gasteiger partial charge on any atom is 0.226 e. The van der Waals surface area contributed by atoms with E-state index in [-0.39, 0.29) is 17.9 Å². The van der Waals surface area contributed by atoms with E-state index in [1.807, 2.05) is 24.3 Å². The van der Waals surface area contributed by atoms with Crippen molar-refractivity contribution in [3.05, 3.63) is 35.4 Å². The summed E-state index contributed by atoms with van der Waals surface area (Å²) < 4.78 is 0. The minimum Gasteiger partial charge on any atom is -0.390 e. The highest BCUT2D eigenvalue weighted by atomic mass is 16.3. The normalized spacial score (nSPS) is 27.4. The molecule has 0 bridgehead atoms. The van der Waals surface area contributed by atoms with Gasteiger partial charge in [-0.2, -0.15) is 0 Å². The van der Waals surface area contributed by atoms with E-state index in [0.717, 1.165) is 24.2 Å². The number of hydrogen-bond acceptors (Lipinski definition) is 3. The third-order valence-corrected chi connectivity index (χ3v) is 3.65. The number of aliphatic hydroxyl groups excluding tert-OH is 1. The Hall–Kier alpha value is -1.39. The first kappa shape index (κ1) is 10.7. The fourth-order valence-electron chi connectivity index (χ4n) is 2.49. The quantitative estimate of drug-likeness (QED) is 0.671. The van der Waals surface area contributed by atoms with Gasteiger partial charge in [-0.15, -0.1) is 0 Å². The molecule has 3 N–H and O–H groups in total. The fourth-order valence-corrected chi connectivity index (χ4v) is 2.49. The summed E-state index contributed by atoms with van der Waals surface area (Å²) >= 11 is 0. The van der Waals surface area contributed by atoms with Crippen LogP contribution < -0.4 is 10.6 Å². The van der Waals surface area contributed by atoms with Gasteiger partial charge in [0, 0.05) is 19.5 Å². The van der Waals surface area contributed by atoms with Crippen LogP contribution in [-0.4, -0.2) is 30.2 Å². The molecule has 1 heterocycles. The number of carbonyl (C=O) groups excluding carboxylic acids is 1. The molecule has 1 saturated heterocycles. The van der Waals surface area contributed by atoms with Crippen LogP contribution in [0.15, 0.2) is 24.3 Å². The van der Waals surface area contributed by atoms with Crippen LogP contribution in [0.1, 0.15) is 17.2 Å². The Kier molecular flexibility index (Phi) is 2.61. The standard InChI is InChI=1S/C13H16N2O2/c16-11-5-8-3-1-2-4-10(8)12(11)15-13(17)9-6-14-7-9/h1-4,9,11-12,14,16H,5-7H2,(H,15,17)/t11-,12+/m0/s1. The van der Waals surface area contributed by atoms with Crippen molar-refractivity contribution in [2.45, 2.75) is 18.6 Å². The Balaban J connectivity index is 1.76. The monoisotopic (exact) mass is 232 g/mol. The largest absolute Gasteiger partial charge is 0.390 e. The van der Waals surface area contributed by atoms with Crippen molar-refractivity contribution in [2.24, 2.45) is 5.92 Å². The van der Waals surface area contributed by atoms with Gasteiger partial charge in [-0.1, -0.05) is 24.3 Å². The summed E-state index contributed by atoms with van der Waals surface area (Å²) in [6.07, 6.45) is 0.133. The summed E-state index contributed by atoms with van der Waals surface area (Å²) in [6.45, 7) is 1.49. The number of aliphatic hydroxyl groups is 1. The first-order valence-electron chi connectivity index (χ1n) is 6.02. The number of carbonyl (C=O) groups is 1. The molecule has 0 unspecified atom stereocenters. The topological polar surface area (TPSA) is 61.4 Å². The number of nitrogens with one attached hydrogen (secondary N) is 2. The molecule has 1 aromatic rings. The van der Waals surface area contributed by atoms with E-state index in [1.54, 1.807) is 0 Å². The zero-order valence-electron chi connectivity index (χ0n) is 9.52. The maximum atomic E-state index is 11.9. The minimum atomic E-state index is -0.496. The number of rotatable bonds is 2. The van der Waals surface area contributed by atoms with E-state index in [1.165, 1.54) is 0 Å². The van der Waals surface area contributed by atoms with E-state index >= 15 is 0 Å². The Morgan fingerprint density at radius 2 is 2.12 bits per heavy atom. The van der Waals surface area contributed by atoms with Crippen molar-refractivity contribution >= 4 is 5.91 Å². The summed E-state index contributed by atoms with van der Waals surface area (Å²) in [4.78, 5) is 11.9. The molecule has 1 amide bonds. The van der Waals surface area contributed by atoms with Crippen LogP contribution in [0.4, 0.5) is 0 Å². The van der Waals surface area contributed by atoms with Gasteiger partial charge >= 0.3 is 0 Å². The highest BCUT2D eigenvalue weighted by molar-refractivity contribution is 5.80. The molecule has 3 rings (SSSR count). The van der Waals surface area contributed by atoms with Gasteiger partial charge in [-0.25, -0.2) is 0 Å². The van der Waals surface area contributed by atoms with Crippen LogP contribution in [0.5, 0.6) is 0 Å². The molecule has 2 aliphatic rings. The van der Waals surface area contributed by atoms with E-state index in [2.05, 4.69) is 10.6 Å². The molecule has 0 radical (unpaired) electrons. The molecule has 2 atom stereocenters. The van der Waals surface area contributed by atoms with Gasteiger partial charge in [0.05, 0.1) is 18.1 Å². The van der Waals surface area contributed by atoms with Crippen LogP contribution in [-0.2, 0) is 11.2 Å². The van der Waals surface area contributed by atoms with Gasteiger partial charge in [0.15, 0.2) is 0 Å². The van der Waals surface area contributed by atoms with Gasteiger partial charge in [0.2, 0.25) is 5.91 Å². The lowest BCUT2D eigenvalue weighted by Crippen LogP contribution is -2.52. The number of amides is 1. The van der Waals surface area contributed by atoms with Gasteiger partial charge in [-0.05, 0) is 11.1 Å². The SMILES string of the molecule is O=C(N[C@@H]1c2ccccc2C[C@@H]1O)C1CNC1. The number of fused-ring (bicyclic) bond motifs is 1. The zero-order valence-corrected chi connectivity index (χ0v) is 9.52. The van der Waals surface area contributed by atoms with Crippen molar-refractivity contribution in [3.8, 4) is 0 Å². The van der Waals surface area contributed by atoms with Gasteiger partial charge in [-0.3, -0.25) is 4.79 Å². The summed E-state index contributed by atoms with van der Waals surface area (Å²) in [5, 5.41) is 16.0. The lowest BCUT2D eigenvalue weighted by molar-refractivity contribution is -0.127. The van der Waals surface area contributed by atoms with Gasteiger partial charge < -0.3 is 15.7 Å². The van der Waals surface area contributed by atoms with Crippen molar-refractivity contribution in [3.63, 3.8) is 0 Å². The van der Waals surface area contributed by atoms with Crippen LogP contribution in [0.2, 0.25) is 0 Å². The first-order valence-corrected chi connectivity index (χ1v) is 6.02. The summed E-state index contributed by atoms with van der Waals surface area (Å²) in [7, 11) is 0. The lowest BCUT2D eigenvalue weighted by atomic mass is 10.0. The van der Waals surface area contributed by atoms with Crippen LogP contribution in [0.3, 0.4) is 0 Å². The average molecular weight is 232 g/mol. The fraction of sp³-hybridized carbons (Fsp3) is 0.462. The molecule has 90 valence electrons. The summed E-state index contributed by atoms with van der Waals surface area (Å²) in [5.74, 6) is 0.111. The van der Waals surface area contributed by atoms with Crippen molar-refractivity contribution in [1.82, 2.24) is 10.6 Å². The zero-order chi connectivity index (χ0) is 11.8. The first-order chi connectivity index (χ1) is 8.25. The number of hydrogen-bond donors (Lipinski definition) is 3. The predicted molar refractivity (Wildman–Crippen MR) is 63.4 cm³/mol. The third-order valence-electron chi connectivity index (χ3n) is 3.65. The van der Waals surface area contributed by atoms with Crippen molar-refractivity contribution in [1.29, 1.82) is 0 Å². The molecule has 1 aliphatic carbocycles. The highest BCUT2D eigenvalue weighted by Crippen LogP contribution is 2.31. The van der Waals surface area contributed by atoms with E-state index < -0.39 is 6.10 Å². The molecule has 17 heavy (non-hydrogen) atoms. The second-order valence-corrected chi connectivity index (χ2v) is 4.81. The molecule has 4 heteroatoms. The van der Waals surface area contributed by atoms with E-state index in [9.17, 15) is 9.90 Å². The summed E-state index contributed by atoms with van der Waals surface area (Å²) in [6, 6.07) is 7.66. The van der Waals surface area contributed by atoms with Crippen LogP contribution in [0.25, 0.3) is 0 Å². The third kappa shape index (κ3) is 1.83. The van der Waals surface area contributed by atoms with E-state index in [4.69, 9.17) is 0 Å².